The van der Waals surface area contributed by atoms with Gasteiger partial charge in [-0.2, -0.15) is 0 Å². The molecule has 37 heavy (non-hydrogen) atoms. The molecule has 0 radical (unpaired) electrons. The van der Waals surface area contributed by atoms with Crippen LogP contribution in [-0.2, 0) is 7.05 Å². The van der Waals surface area contributed by atoms with Gasteiger partial charge in [-0.3, -0.25) is 19.7 Å². The zero-order chi connectivity index (χ0) is 25.7. The van der Waals surface area contributed by atoms with Gasteiger partial charge in [0, 0.05) is 46.0 Å². The highest BCUT2D eigenvalue weighted by molar-refractivity contribution is 6.36. The molecule has 3 aromatic carbocycles. The van der Waals surface area contributed by atoms with Crippen molar-refractivity contribution in [2.45, 2.75) is 19.3 Å². The van der Waals surface area contributed by atoms with Crippen LogP contribution in [0.5, 0.6) is 0 Å². The summed E-state index contributed by atoms with van der Waals surface area (Å²) in [5.41, 5.74) is 4.13. The number of aromatic nitrogens is 1. The number of likely N-dealkylation sites (tertiary alicyclic amines) is 1. The lowest BCUT2D eigenvalue weighted by atomic mass is 9.93. The van der Waals surface area contributed by atoms with Gasteiger partial charge in [-0.25, -0.2) is 0 Å². The molecule has 0 saturated carbocycles. The second-order valence-electron chi connectivity index (χ2n) is 9.78. The van der Waals surface area contributed by atoms with Crippen LogP contribution in [0.3, 0.4) is 0 Å². The average Bonchev–Trinajstić information content (AvgIpc) is 3.59. The van der Waals surface area contributed by atoms with Crippen LogP contribution in [0.4, 0.5) is 0 Å². The molecule has 6 rings (SSSR count). The summed E-state index contributed by atoms with van der Waals surface area (Å²) in [5, 5.41) is 7.50. The molecule has 8 heteroatoms. The highest BCUT2D eigenvalue weighted by Gasteiger charge is 2.34. The van der Waals surface area contributed by atoms with Gasteiger partial charge in [0.25, 0.3) is 17.7 Å². The van der Waals surface area contributed by atoms with E-state index in [1.54, 1.807) is 12.1 Å². The summed E-state index contributed by atoms with van der Waals surface area (Å²) in [6.45, 7) is 3.93. The zero-order valence-corrected chi connectivity index (χ0v) is 21.3. The molecule has 1 aromatic heterocycles. The number of carbonyl (C=O) groups is 3. The van der Waals surface area contributed by atoms with Crippen LogP contribution in [0.2, 0.25) is 5.02 Å². The third kappa shape index (κ3) is 3.99. The van der Waals surface area contributed by atoms with Crippen molar-refractivity contribution in [3.63, 3.8) is 0 Å². The molecule has 3 amide bonds. The van der Waals surface area contributed by atoms with E-state index in [1.165, 1.54) is 12.8 Å². The molecular weight excluding hydrogens is 488 g/mol. The largest absolute Gasteiger partial charge is 0.352 e. The molecule has 2 aliphatic heterocycles. The van der Waals surface area contributed by atoms with Gasteiger partial charge in [0.2, 0.25) is 0 Å². The van der Waals surface area contributed by atoms with Crippen LogP contribution < -0.4 is 10.6 Å². The van der Waals surface area contributed by atoms with Crippen molar-refractivity contribution in [2.75, 3.05) is 26.2 Å². The number of fused-ring (bicyclic) bond motifs is 5. The molecule has 0 bridgehead atoms. The fraction of sp³-hybridized carbons (Fsp3) is 0.276. The molecule has 4 aromatic rings. The third-order valence-corrected chi connectivity index (χ3v) is 7.87. The Morgan fingerprint density at radius 2 is 1.73 bits per heavy atom. The number of hydrogen-bond donors (Lipinski definition) is 2. The van der Waals surface area contributed by atoms with E-state index >= 15 is 0 Å². The Kier molecular flexibility index (Phi) is 5.97. The van der Waals surface area contributed by atoms with Crippen LogP contribution in [0.15, 0.2) is 48.5 Å². The molecular formula is C29H27ClN4O3. The van der Waals surface area contributed by atoms with Crippen LogP contribution in [-0.4, -0.2) is 53.4 Å². The molecule has 188 valence electrons. The zero-order valence-electron chi connectivity index (χ0n) is 20.6. The van der Waals surface area contributed by atoms with E-state index < -0.39 is 11.8 Å². The Balaban J connectivity index is 1.40. The van der Waals surface area contributed by atoms with Gasteiger partial charge < -0.3 is 14.8 Å². The number of hydrogen-bond acceptors (Lipinski definition) is 4. The number of nitrogens with one attached hydrogen (secondary N) is 2. The van der Waals surface area contributed by atoms with Gasteiger partial charge in [0.05, 0.1) is 16.6 Å². The second-order valence-corrected chi connectivity index (χ2v) is 10.2. The lowest BCUT2D eigenvalue weighted by Gasteiger charge is -2.14. The Morgan fingerprint density at radius 3 is 2.51 bits per heavy atom. The maximum Gasteiger partial charge on any atom is 0.259 e. The molecule has 0 spiro atoms. The van der Waals surface area contributed by atoms with Crippen molar-refractivity contribution in [3.8, 4) is 11.1 Å². The molecule has 0 atom stereocenters. The number of halogens is 1. The van der Waals surface area contributed by atoms with Crippen LogP contribution in [0.25, 0.3) is 32.9 Å². The number of carbonyl (C=O) groups excluding carboxylic acids is 3. The fourth-order valence-electron chi connectivity index (χ4n) is 5.69. The Hall–Kier alpha value is -3.68. The van der Waals surface area contributed by atoms with Gasteiger partial charge >= 0.3 is 0 Å². The molecule has 3 heterocycles. The molecule has 0 aliphatic carbocycles. The van der Waals surface area contributed by atoms with E-state index in [9.17, 15) is 14.4 Å². The minimum absolute atomic E-state index is 0.122. The number of imide groups is 1. The first-order chi connectivity index (χ1) is 17.9. The molecule has 7 nitrogen and oxygen atoms in total. The lowest BCUT2D eigenvalue weighted by molar-refractivity contribution is 0.0878. The van der Waals surface area contributed by atoms with Crippen molar-refractivity contribution in [1.82, 2.24) is 20.1 Å². The topological polar surface area (TPSA) is 83.4 Å². The quantitative estimate of drug-likeness (QED) is 0.287. The predicted octanol–water partition coefficient (Wildman–Crippen LogP) is 4.75. The number of amides is 3. The maximum absolute atomic E-state index is 13.0. The van der Waals surface area contributed by atoms with E-state index in [4.69, 9.17) is 11.6 Å². The summed E-state index contributed by atoms with van der Waals surface area (Å²) in [4.78, 5) is 41.2. The van der Waals surface area contributed by atoms with Crippen LogP contribution >= 0.6 is 11.6 Å². The monoisotopic (exact) mass is 514 g/mol. The minimum atomic E-state index is -0.432. The number of aryl methyl sites for hydroxylation is 1. The van der Waals surface area contributed by atoms with E-state index in [1.807, 2.05) is 48.0 Å². The molecule has 1 fully saturated rings. The van der Waals surface area contributed by atoms with E-state index in [2.05, 4.69) is 15.5 Å². The van der Waals surface area contributed by atoms with E-state index in [-0.39, 0.29) is 5.91 Å². The summed E-state index contributed by atoms with van der Waals surface area (Å²) in [6, 6.07) is 14.7. The SMILES string of the molecule is Cn1c2cc(C(=O)NCCCN3CCCC3)ccc2c2c3c(c(-c4ccccc4Cl)cc21)C(=O)NC3=O. The van der Waals surface area contributed by atoms with E-state index in [0.29, 0.717) is 44.8 Å². The number of nitrogens with zero attached hydrogens (tertiary/aromatic N) is 2. The highest BCUT2D eigenvalue weighted by atomic mass is 35.5. The Bertz CT molecular complexity index is 1600. The van der Waals surface area contributed by atoms with Gasteiger partial charge in [-0.15, -0.1) is 0 Å². The lowest BCUT2D eigenvalue weighted by Crippen LogP contribution is -2.28. The smallest absolute Gasteiger partial charge is 0.259 e. The summed E-state index contributed by atoms with van der Waals surface area (Å²) in [6.07, 6.45) is 3.44. The van der Waals surface area contributed by atoms with Gasteiger partial charge in [0.1, 0.15) is 0 Å². The van der Waals surface area contributed by atoms with Crippen molar-refractivity contribution < 1.29 is 14.4 Å². The number of rotatable bonds is 6. The highest BCUT2D eigenvalue weighted by Crippen LogP contribution is 2.41. The second kappa shape index (κ2) is 9.32. The third-order valence-electron chi connectivity index (χ3n) is 7.54. The van der Waals surface area contributed by atoms with Crippen molar-refractivity contribution in [3.05, 3.63) is 70.2 Å². The normalized spacial score (nSPS) is 15.5. The van der Waals surface area contributed by atoms with Gasteiger partial charge in [-0.1, -0.05) is 35.9 Å². The minimum Gasteiger partial charge on any atom is -0.352 e. The summed E-state index contributed by atoms with van der Waals surface area (Å²) < 4.78 is 1.96. The maximum atomic E-state index is 13.0. The first-order valence-corrected chi connectivity index (χ1v) is 13.0. The van der Waals surface area contributed by atoms with Crippen LogP contribution in [0.1, 0.15) is 50.3 Å². The molecule has 1 saturated heterocycles. The van der Waals surface area contributed by atoms with Crippen LogP contribution in [0, 0.1) is 0 Å². The average molecular weight is 515 g/mol. The van der Waals surface area contributed by atoms with Gasteiger partial charge in [-0.05, 0) is 68.7 Å². The van der Waals surface area contributed by atoms with Gasteiger partial charge in [0.15, 0.2) is 0 Å². The standard InChI is InChI=1S/C29H27ClN4O3/c1-33-22-15-17(27(35)31-11-6-14-34-12-4-5-13-34)9-10-19(22)24-23(33)16-20(18-7-2-3-8-21(18)30)25-26(24)29(37)32-28(25)36/h2-3,7-10,15-16H,4-6,11-14H2,1H3,(H,31,35)(H,32,36,37). The van der Waals surface area contributed by atoms with Crippen molar-refractivity contribution >= 4 is 51.1 Å². The molecule has 0 unspecified atom stereocenters. The Morgan fingerprint density at radius 1 is 0.973 bits per heavy atom. The summed E-state index contributed by atoms with van der Waals surface area (Å²) >= 11 is 6.49. The summed E-state index contributed by atoms with van der Waals surface area (Å²) in [7, 11) is 1.90. The predicted molar refractivity (Wildman–Crippen MR) is 145 cm³/mol. The van der Waals surface area contributed by atoms with Crippen molar-refractivity contribution in [2.24, 2.45) is 7.05 Å². The first-order valence-electron chi connectivity index (χ1n) is 12.6. The van der Waals surface area contributed by atoms with Crippen molar-refractivity contribution in [1.29, 1.82) is 0 Å². The van der Waals surface area contributed by atoms with E-state index in [0.717, 1.165) is 42.5 Å². The molecule has 2 N–H and O–H groups in total. The fourth-order valence-corrected chi connectivity index (χ4v) is 5.93. The Labute approximate surface area is 219 Å². The molecule has 2 aliphatic rings. The first kappa shape index (κ1) is 23.7. The summed E-state index contributed by atoms with van der Waals surface area (Å²) in [5.74, 6) is -0.978. The number of benzene rings is 3.